The summed E-state index contributed by atoms with van der Waals surface area (Å²) in [5.41, 5.74) is 8.76. The van der Waals surface area contributed by atoms with Gasteiger partial charge < -0.3 is 5.73 Å². The standard InChI is InChI=1S/C13H20BrN.ClH/c1-3-4-5-6-13(15)12-9-11(14)8-7-10(12)2;/h7-9,13H,3-6,15H2,1-2H3;1H/t13-;/m1./s1. The first-order valence-electron chi connectivity index (χ1n) is 5.66. The molecule has 1 aromatic rings. The molecule has 0 saturated heterocycles. The molecule has 1 rings (SSSR count). The van der Waals surface area contributed by atoms with Gasteiger partial charge in [-0.1, -0.05) is 48.2 Å². The van der Waals surface area contributed by atoms with Crippen LogP contribution in [0.1, 0.15) is 49.8 Å². The highest BCUT2D eigenvalue weighted by molar-refractivity contribution is 9.10. The zero-order valence-corrected chi connectivity index (χ0v) is 12.4. The molecule has 0 radical (unpaired) electrons. The number of unbranched alkanes of at least 4 members (excludes halogenated alkanes) is 2. The highest BCUT2D eigenvalue weighted by Crippen LogP contribution is 2.24. The quantitative estimate of drug-likeness (QED) is 0.780. The molecule has 0 spiro atoms. The van der Waals surface area contributed by atoms with Gasteiger partial charge in [0, 0.05) is 10.5 Å². The monoisotopic (exact) mass is 305 g/mol. The van der Waals surface area contributed by atoms with Crippen molar-refractivity contribution in [3.8, 4) is 0 Å². The molecule has 0 amide bonds. The molecular weight excluding hydrogens is 286 g/mol. The van der Waals surface area contributed by atoms with Gasteiger partial charge in [-0.3, -0.25) is 0 Å². The Balaban J connectivity index is 0.00000225. The second-order valence-corrected chi connectivity index (χ2v) is 5.02. The van der Waals surface area contributed by atoms with Gasteiger partial charge in [-0.25, -0.2) is 0 Å². The number of hydrogen-bond donors (Lipinski definition) is 1. The first-order chi connectivity index (χ1) is 7.15. The fraction of sp³-hybridized carbons (Fsp3) is 0.538. The van der Waals surface area contributed by atoms with E-state index in [9.17, 15) is 0 Å². The average molecular weight is 307 g/mol. The molecular formula is C13H21BrClN. The summed E-state index contributed by atoms with van der Waals surface area (Å²) >= 11 is 3.49. The second-order valence-electron chi connectivity index (χ2n) is 4.10. The lowest BCUT2D eigenvalue weighted by atomic mass is 9.97. The van der Waals surface area contributed by atoms with E-state index in [1.807, 2.05) is 0 Å². The van der Waals surface area contributed by atoms with Crippen molar-refractivity contribution in [3.63, 3.8) is 0 Å². The summed E-state index contributed by atoms with van der Waals surface area (Å²) in [6, 6.07) is 6.52. The van der Waals surface area contributed by atoms with Gasteiger partial charge in [0.15, 0.2) is 0 Å². The lowest BCUT2D eigenvalue weighted by Gasteiger charge is -2.14. The van der Waals surface area contributed by atoms with Crippen LogP contribution in [0.4, 0.5) is 0 Å². The van der Waals surface area contributed by atoms with Crippen LogP contribution in [0.3, 0.4) is 0 Å². The van der Waals surface area contributed by atoms with Crippen molar-refractivity contribution < 1.29 is 0 Å². The molecule has 0 heterocycles. The van der Waals surface area contributed by atoms with E-state index < -0.39 is 0 Å². The number of hydrogen-bond acceptors (Lipinski definition) is 1. The normalized spacial score (nSPS) is 12.0. The fourth-order valence-corrected chi connectivity index (χ4v) is 2.16. The molecule has 0 aliphatic carbocycles. The van der Waals surface area contributed by atoms with Crippen LogP contribution in [-0.2, 0) is 0 Å². The highest BCUT2D eigenvalue weighted by atomic mass is 79.9. The Labute approximate surface area is 113 Å². The molecule has 1 nitrogen and oxygen atoms in total. The van der Waals surface area contributed by atoms with E-state index in [-0.39, 0.29) is 18.4 Å². The van der Waals surface area contributed by atoms with Crippen LogP contribution >= 0.6 is 28.3 Å². The minimum absolute atomic E-state index is 0. The molecule has 0 aliphatic rings. The lowest BCUT2D eigenvalue weighted by molar-refractivity contribution is 0.579. The van der Waals surface area contributed by atoms with Gasteiger partial charge in [0.25, 0.3) is 0 Å². The van der Waals surface area contributed by atoms with Crippen LogP contribution in [0.25, 0.3) is 0 Å². The van der Waals surface area contributed by atoms with Gasteiger partial charge >= 0.3 is 0 Å². The van der Waals surface area contributed by atoms with E-state index in [2.05, 4.69) is 48.0 Å². The van der Waals surface area contributed by atoms with Crippen molar-refractivity contribution in [2.45, 2.75) is 45.6 Å². The van der Waals surface area contributed by atoms with Crippen molar-refractivity contribution in [2.24, 2.45) is 5.73 Å². The van der Waals surface area contributed by atoms with Gasteiger partial charge in [-0.05, 0) is 36.6 Å². The topological polar surface area (TPSA) is 26.0 Å². The predicted molar refractivity (Wildman–Crippen MR) is 77.2 cm³/mol. The minimum atomic E-state index is 0. The number of nitrogens with two attached hydrogens (primary N) is 1. The molecule has 0 fully saturated rings. The Kier molecular flexibility index (Phi) is 8.08. The summed E-state index contributed by atoms with van der Waals surface area (Å²) < 4.78 is 1.12. The molecule has 16 heavy (non-hydrogen) atoms. The Morgan fingerprint density at radius 3 is 2.62 bits per heavy atom. The number of benzene rings is 1. The Morgan fingerprint density at radius 1 is 1.31 bits per heavy atom. The highest BCUT2D eigenvalue weighted by Gasteiger charge is 2.08. The molecule has 0 aromatic heterocycles. The van der Waals surface area contributed by atoms with Crippen LogP contribution in [-0.4, -0.2) is 0 Å². The third-order valence-electron chi connectivity index (χ3n) is 2.76. The zero-order chi connectivity index (χ0) is 11.3. The van der Waals surface area contributed by atoms with Crippen molar-refractivity contribution >= 4 is 28.3 Å². The zero-order valence-electron chi connectivity index (χ0n) is 10.0. The molecule has 0 unspecified atom stereocenters. The molecule has 1 aromatic carbocycles. The van der Waals surface area contributed by atoms with Crippen molar-refractivity contribution in [1.82, 2.24) is 0 Å². The SMILES string of the molecule is CCCCC[C@@H](N)c1cc(Br)ccc1C.Cl. The number of halogens is 2. The summed E-state index contributed by atoms with van der Waals surface area (Å²) in [5.74, 6) is 0. The number of rotatable bonds is 5. The lowest BCUT2D eigenvalue weighted by Crippen LogP contribution is -2.11. The maximum atomic E-state index is 6.18. The van der Waals surface area contributed by atoms with Gasteiger partial charge in [0.2, 0.25) is 0 Å². The largest absolute Gasteiger partial charge is 0.324 e. The van der Waals surface area contributed by atoms with Gasteiger partial charge in [0.05, 0.1) is 0 Å². The van der Waals surface area contributed by atoms with E-state index >= 15 is 0 Å². The van der Waals surface area contributed by atoms with Gasteiger partial charge in [-0.2, -0.15) is 0 Å². The second kappa shape index (κ2) is 8.10. The Morgan fingerprint density at radius 2 is 2.00 bits per heavy atom. The molecule has 0 bridgehead atoms. The number of aryl methyl sites for hydroxylation is 1. The smallest absolute Gasteiger partial charge is 0.0297 e. The minimum Gasteiger partial charge on any atom is -0.324 e. The Hall–Kier alpha value is -0.0500. The van der Waals surface area contributed by atoms with E-state index in [1.165, 1.54) is 30.4 Å². The summed E-state index contributed by atoms with van der Waals surface area (Å²) in [6.45, 7) is 4.34. The van der Waals surface area contributed by atoms with E-state index in [0.29, 0.717) is 0 Å². The van der Waals surface area contributed by atoms with Crippen LogP contribution in [0.2, 0.25) is 0 Å². The molecule has 2 N–H and O–H groups in total. The predicted octanol–water partition coefficient (Wildman–Crippen LogP) is 4.76. The van der Waals surface area contributed by atoms with Crippen LogP contribution in [0.5, 0.6) is 0 Å². The van der Waals surface area contributed by atoms with E-state index in [1.54, 1.807) is 0 Å². The molecule has 92 valence electrons. The van der Waals surface area contributed by atoms with Crippen LogP contribution < -0.4 is 5.73 Å². The van der Waals surface area contributed by atoms with Crippen molar-refractivity contribution in [2.75, 3.05) is 0 Å². The maximum absolute atomic E-state index is 6.18. The van der Waals surface area contributed by atoms with Crippen LogP contribution in [0.15, 0.2) is 22.7 Å². The van der Waals surface area contributed by atoms with Crippen molar-refractivity contribution in [3.05, 3.63) is 33.8 Å². The summed E-state index contributed by atoms with van der Waals surface area (Å²) in [7, 11) is 0. The van der Waals surface area contributed by atoms with E-state index in [0.717, 1.165) is 10.9 Å². The molecule has 0 aliphatic heterocycles. The molecule has 1 atom stereocenters. The fourth-order valence-electron chi connectivity index (χ4n) is 1.78. The third kappa shape index (κ3) is 4.86. The maximum Gasteiger partial charge on any atom is 0.0297 e. The van der Waals surface area contributed by atoms with Gasteiger partial charge in [0.1, 0.15) is 0 Å². The van der Waals surface area contributed by atoms with Gasteiger partial charge in [-0.15, -0.1) is 12.4 Å². The third-order valence-corrected chi connectivity index (χ3v) is 3.25. The average Bonchev–Trinajstić information content (AvgIpc) is 2.22. The summed E-state index contributed by atoms with van der Waals surface area (Å²) in [6.07, 6.45) is 4.85. The first-order valence-corrected chi connectivity index (χ1v) is 6.46. The molecule has 3 heteroatoms. The first kappa shape index (κ1) is 16.0. The Bertz CT molecular complexity index is 315. The summed E-state index contributed by atoms with van der Waals surface area (Å²) in [5, 5.41) is 0. The summed E-state index contributed by atoms with van der Waals surface area (Å²) in [4.78, 5) is 0. The van der Waals surface area contributed by atoms with E-state index in [4.69, 9.17) is 5.73 Å². The molecule has 0 saturated carbocycles. The van der Waals surface area contributed by atoms with Crippen molar-refractivity contribution in [1.29, 1.82) is 0 Å². The van der Waals surface area contributed by atoms with Crippen LogP contribution in [0, 0.1) is 6.92 Å².